The second kappa shape index (κ2) is 3.05. The minimum absolute atomic E-state index is 0.239. The largest absolute Gasteiger partial charge is 0.380 e. The van der Waals surface area contributed by atoms with Gasteiger partial charge >= 0.3 is 0 Å². The van der Waals surface area contributed by atoms with Gasteiger partial charge in [-0.3, -0.25) is 0 Å². The van der Waals surface area contributed by atoms with Crippen molar-refractivity contribution in [2.24, 2.45) is 11.3 Å². The van der Waals surface area contributed by atoms with Gasteiger partial charge < -0.3 is 4.74 Å². The van der Waals surface area contributed by atoms with Gasteiger partial charge in [-0.25, -0.2) is 8.78 Å². The van der Waals surface area contributed by atoms with Crippen molar-refractivity contribution in [1.29, 1.82) is 0 Å². The van der Waals surface area contributed by atoms with Crippen LogP contribution in [0.5, 0.6) is 0 Å². The van der Waals surface area contributed by atoms with Crippen molar-refractivity contribution < 1.29 is 13.5 Å². The van der Waals surface area contributed by atoms with Crippen LogP contribution in [0, 0.1) is 11.3 Å². The number of ether oxygens (including phenoxy) is 1. The fourth-order valence-electron chi connectivity index (χ4n) is 1.51. The Morgan fingerprint density at radius 3 is 2.00 bits per heavy atom. The zero-order valence-corrected chi connectivity index (χ0v) is 6.94. The summed E-state index contributed by atoms with van der Waals surface area (Å²) in [7, 11) is 0. The number of rotatable bonds is 3. The molecule has 1 nitrogen and oxygen atoms in total. The van der Waals surface area contributed by atoms with Gasteiger partial charge in [0, 0.05) is 0 Å². The van der Waals surface area contributed by atoms with Crippen molar-refractivity contribution in [3.63, 3.8) is 0 Å². The van der Waals surface area contributed by atoms with Crippen molar-refractivity contribution >= 4 is 0 Å². The van der Waals surface area contributed by atoms with E-state index < -0.39 is 11.8 Å². The normalized spacial score (nSPS) is 22.4. The van der Waals surface area contributed by atoms with Crippen LogP contribution in [0.25, 0.3) is 0 Å². The van der Waals surface area contributed by atoms with Gasteiger partial charge in [-0.1, -0.05) is 13.8 Å². The Kier molecular flexibility index (Phi) is 2.47. The molecule has 66 valence electrons. The Hall–Kier alpha value is -0.180. The van der Waals surface area contributed by atoms with Crippen LogP contribution < -0.4 is 0 Å². The van der Waals surface area contributed by atoms with E-state index in [2.05, 4.69) is 0 Å². The maximum atomic E-state index is 12.4. The first kappa shape index (κ1) is 8.91. The van der Waals surface area contributed by atoms with Gasteiger partial charge in [-0.05, 0) is 12.3 Å². The predicted octanol–water partition coefficient (Wildman–Crippen LogP) is 2.31. The van der Waals surface area contributed by atoms with Crippen LogP contribution in [0.2, 0.25) is 0 Å². The van der Waals surface area contributed by atoms with Gasteiger partial charge in [0.1, 0.15) is 0 Å². The molecular weight excluding hydrogens is 150 g/mol. The van der Waals surface area contributed by atoms with Crippen molar-refractivity contribution in [2.45, 2.75) is 26.7 Å². The molecule has 0 unspecified atom stereocenters. The van der Waals surface area contributed by atoms with Crippen molar-refractivity contribution in [2.75, 3.05) is 13.2 Å². The topological polar surface area (TPSA) is 9.23 Å². The number of hydrogen-bond acceptors (Lipinski definition) is 1. The first-order chi connectivity index (χ1) is 5.07. The zero-order valence-electron chi connectivity index (χ0n) is 6.94. The number of hydrogen-bond donors (Lipinski definition) is 0. The summed E-state index contributed by atoms with van der Waals surface area (Å²) in [5.74, 6) is 0.327. The van der Waals surface area contributed by atoms with E-state index in [1.165, 1.54) is 0 Å². The first-order valence-corrected chi connectivity index (χ1v) is 3.93. The molecule has 1 heterocycles. The van der Waals surface area contributed by atoms with Gasteiger partial charge in [0.15, 0.2) is 0 Å². The molecule has 0 aromatic carbocycles. The highest BCUT2D eigenvalue weighted by atomic mass is 19.3. The van der Waals surface area contributed by atoms with Crippen molar-refractivity contribution in [3.8, 4) is 0 Å². The number of halogens is 2. The van der Waals surface area contributed by atoms with Gasteiger partial charge in [-0.15, -0.1) is 0 Å². The summed E-state index contributed by atoms with van der Waals surface area (Å²) in [5.41, 5.74) is -0.811. The summed E-state index contributed by atoms with van der Waals surface area (Å²) in [5, 5.41) is 0. The third-order valence-corrected chi connectivity index (χ3v) is 2.06. The molecule has 0 atom stereocenters. The molecule has 0 bridgehead atoms. The summed E-state index contributed by atoms with van der Waals surface area (Å²) in [6.07, 6.45) is -1.65. The molecule has 0 N–H and O–H groups in total. The maximum Gasteiger partial charge on any atom is 0.248 e. The summed E-state index contributed by atoms with van der Waals surface area (Å²) in [6.45, 7) is 4.40. The smallest absolute Gasteiger partial charge is 0.248 e. The maximum absolute atomic E-state index is 12.4. The monoisotopic (exact) mass is 164 g/mol. The van der Waals surface area contributed by atoms with Crippen LogP contribution in [0.3, 0.4) is 0 Å². The summed E-state index contributed by atoms with van der Waals surface area (Å²) in [4.78, 5) is 0. The molecule has 0 radical (unpaired) electrons. The third kappa shape index (κ3) is 1.70. The Balaban J connectivity index is 2.47. The molecule has 0 aromatic heterocycles. The van der Waals surface area contributed by atoms with E-state index in [0.29, 0.717) is 12.3 Å². The molecule has 0 spiro atoms. The Morgan fingerprint density at radius 2 is 1.91 bits per heavy atom. The highest BCUT2D eigenvalue weighted by Crippen LogP contribution is 2.40. The summed E-state index contributed by atoms with van der Waals surface area (Å²) < 4.78 is 29.7. The molecule has 0 amide bonds. The molecule has 0 aliphatic carbocycles. The SMILES string of the molecule is CC(C)CC1(C(F)F)COC1. The van der Waals surface area contributed by atoms with Crippen molar-refractivity contribution in [1.82, 2.24) is 0 Å². The fraction of sp³-hybridized carbons (Fsp3) is 1.00. The second-order valence-electron chi connectivity index (χ2n) is 3.75. The highest BCUT2D eigenvalue weighted by Gasteiger charge is 2.47. The van der Waals surface area contributed by atoms with Gasteiger partial charge in [0.25, 0.3) is 0 Å². The lowest BCUT2D eigenvalue weighted by molar-refractivity contribution is -0.193. The van der Waals surface area contributed by atoms with Crippen LogP contribution >= 0.6 is 0 Å². The highest BCUT2D eigenvalue weighted by molar-refractivity contribution is 4.88. The van der Waals surface area contributed by atoms with Gasteiger partial charge in [0.05, 0.1) is 18.6 Å². The van der Waals surface area contributed by atoms with E-state index in [4.69, 9.17) is 4.74 Å². The molecular formula is C8H14F2O. The van der Waals surface area contributed by atoms with E-state index in [0.717, 1.165) is 0 Å². The Labute approximate surface area is 65.7 Å². The van der Waals surface area contributed by atoms with Crippen LogP contribution in [0.4, 0.5) is 8.78 Å². The molecule has 0 aromatic rings. The fourth-order valence-corrected chi connectivity index (χ4v) is 1.51. The van der Waals surface area contributed by atoms with Crippen LogP contribution in [0.15, 0.2) is 0 Å². The average Bonchev–Trinajstić information content (AvgIpc) is 1.77. The minimum Gasteiger partial charge on any atom is -0.380 e. The Morgan fingerprint density at radius 1 is 1.36 bits per heavy atom. The number of alkyl halides is 2. The van der Waals surface area contributed by atoms with Gasteiger partial charge in [0.2, 0.25) is 6.43 Å². The van der Waals surface area contributed by atoms with E-state index in [1.54, 1.807) is 0 Å². The molecule has 1 aliphatic rings. The summed E-state index contributed by atoms with van der Waals surface area (Å²) in [6, 6.07) is 0. The molecule has 3 heteroatoms. The predicted molar refractivity (Wildman–Crippen MR) is 38.7 cm³/mol. The van der Waals surface area contributed by atoms with E-state index in [9.17, 15) is 8.78 Å². The second-order valence-corrected chi connectivity index (χ2v) is 3.75. The van der Waals surface area contributed by atoms with E-state index in [-0.39, 0.29) is 13.2 Å². The molecule has 1 rings (SSSR count). The zero-order chi connectivity index (χ0) is 8.48. The van der Waals surface area contributed by atoms with Gasteiger partial charge in [-0.2, -0.15) is 0 Å². The lowest BCUT2D eigenvalue weighted by atomic mass is 9.79. The molecule has 1 fully saturated rings. The molecule has 11 heavy (non-hydrogen) atoms. The summed E-state index contributed by atoms with van der Waals surface area (Å²) >= 11 is 0. The van der Waals surface area contributed by atoms with E-state index >= 15 is 0 Å². The molecule has 1 aliphatic heterocycles. The van der Waals surface area contributed by atoms with Crippen molar-refractivity contribution in [3.05, 3.63) is 0 Å². The van der Waals surface area contributed by atoms with Crippen LogP contribution in [-0.4, -0.2) is 19.6 Å². The molecule has 0 saturated carbocycles. The average molecular weight is 164 g/mol. The Bertz CT molecular complexity index is 130. The third-order valence-electron chi connectivity index (χ3n) is 2.06. The minimum atomic E-state index is -2.22. The first-order valence-electron chi connectivity index (χ1n) is 3.93. The quantitative estimate of drug-likeness (QED) is 0.622. The van der Waals surface area contributed by atoms with E-state index in [1.807, 2.05) is 13.8 Å². The van der Waals surface area contributed by atoms with Crippen LogP contribution in [0.1, 0.15) is 20.3 Å². The lowest BCUT2D eigenvalue weighted by Crippen LogP contribution is -2.49. The van der Waals surface area contributed by atoms with Crippen LogP contribution in [-0.2, 0) is 4.74 Å². The standard InChI is InChI=1S/C8H14F2O/c1-6(2)3-8(7(9)10)4-11-5-8/h6-7H,3-5H2,1-2H3. The molecule has 1 saturated heterocycles. The lowest BCUT2D eigenvalue weighted by Gasteiger charge is -2.41.